The van der Waals surface area contributed by atoms with E-state index in [1.54, 1.807) is 36.4 Å². The van der Waals surface area contributed by atoms with Crippen LogP contribution in [0.1, 0.15) is 97.4 Å². The van der Waals surface area contributed by atoms with E-state index in [2.05, 4.69) is 18.7 Å². The Kier molecular flexibility index (Phi) is 6.53. The van der Waals surface area contributed by atoms with E-state index in [-0.39, 0.29) is 44.1 Å². The number of hydrogen-bond donors (Lipinski definition) is 4. The van der Waals surface area contributed by atoms with Gasteiger partial charge in [0, 0.05) is 5.56 Å². The molecule has 46 heavy (non-hydrogen) atoms. The molecule has 4 N–H and O–H groups in total. The number of aliphatic hydroxyl groups is 1. The fourth-order valence-electron chi connectivity index (χ4n) is 9.78. The zero-order valence-electron chi connectivity index (χ0n) is 25.2. The van der Waals surface area contributed by atoms with Crippen LogP contribution >= 0.6 is 0 Å². The predicted octanol–water partition coefficient (Wildman–Crippen LogP) is 7.74. The Labute approximate surface area is 266 Å². The fraction of sp³-hybridized carbons (Fsp3) is 0.256. The molecule has 4 aromatic carbocycles. The molecule has 4 bridgehead atoms. The third-order valence-corrected chi connectivity index (χ3v) is 11.1. The molecule has 0 radical (unpaired) electrons. The first-order valence-corrected chi connectivity index (χ1v) is 15.4. The first-order valence-electron chi connectivity index (χ1n) is 15.4. The van der Waals surface area contributed by atoms with Crippen LogP contribution in [0.2, 0.25) is 0 Å². The first kappa shape index (κ1) is 29.5. The van der Waals surface area contributed by atoms with Crippen molar-refractivity contribution in [1.29, 1.82) is 0 Å². The Morgan fingerprint density at radius 2 is 0.587 bits per heavy atom. The number of aromatic carboxylic acids is 3. The molecule has 0 amide bonds. The van der Waals surface area contributed by atoms with Crippen molar-refractivity contribution in [3.8, 4) is 0 Å². The van der Waals surface area contributed by atoms with Gasteiger partial charge < -0.3 is 20.4 Å². The molecule has 0 atom stereocenters. The summed E-state index contributed by atoms with van der Waals surface area (Å²) in [5.41, 5.74) is 4.26. The number of aliphatic hydroxyl groups excluding tert-OH is 1. The molecule has 4 aliphatic rings. The average molecular weight is 615 g/mol. The van der Waals surface area contributed by atoms with Gasteiger partial charge in [0.1, 0.15) is 5.76 Å². The lowest BCUT2D eigenvalue weighted by Crippen LogP contribution is -2.67. The van der Waals surface area contributed by atoms with E-state index in [4.69, 9.17) is 0 Å². The molecule has 0 aromatic heterocycles. The highest BCUT2D eigenvalue weighted by atomic mass is 16.4. The molecule has 7 heteroatoms. The second-order valence-corrected chi connectivity index (χ2v) is 13.9. The van der Waals surface area contributed by atoms with Crippen molar-refractivity contribution in [3.63, 3.8) is 0 Å². The van der Waals surface area contributed by atoms with Crippen molar-refractivity contribution in [2.24, 2.45) is 0 Å². The van der Waals surface area contributed by atoms with Crippen molar-refractivity contribution in [2.45, 2.75) is 60.2 Å². The topological polar surface area (TPSA) is 132 Å². The molecule has 8 rings (SSSR count). The number of carboxylic acid groups (broad SMARTS) is 3. The van der Waals surface area contributed by atoms with Crippen LogP contribution in [-0.4, -0.2) is 38.3 Å². The molecule has 4 fully saturated rings. The summed E-state index contributed by atoms with van der Waals surface area (Å²) in [6.45, 7) is 3.69. The molecule has 4 saturated carbocycles. The van der Waals surface area contributed by atoms with Crippen LogP contribution in [0, 0.1) is 0 Å². The highest BCUT2D eigenvalue weighted by Gasteiger charge is 2.69. The number of rotatable bonds is 8. The van der Waals surface area contributed by atoms with Crippen LogP contribution in [0.5, 0.6) is 0 Å². The molecule has 7 nitrogen and oxygen atoms in total. The van der Waals surface area contributed by atoms with Gasteiger partial charge in [-0.3, -0.25) is 0 Å². The first-order chi connectivity index (χ1) is 21.9. The van der Waals surface area contributed by atoms with E-state index >= 15 is 0 Å². The maximum atomic E-state index is 11.8. The Morgan fingerprint density at radius 1 is 0.391 bits per heavy atom. The molecule has 0 spiro atoms. The van der Waals surface area contributed by atoms with Crippen LogP contribution in [-0.2, 0) is 21.7 Å². The van der Waals surface area contributed by atoms with E-state index in [0.29, 0.717) is 5.56 Å². The highest BCUT2D eigenvalue weighted by molar-refractivity contribution is 5.88. The van der Waals surface area contributed by atoms with E-state index in [1.165, 1.54) is 0 Å². The lowest BCUT2D eigenvalue weighted by Gasteiger charge is -2.71. The number of hydrogen-bond acceptors (Lipinski definition) is 4. The molecular weight excluding hydrogens is 580 g/mol. The lowest BCUT2D eigenvalue weighted by molar-refractivity contribution is -0.0692. The van der Waals surface area contributed by atoms with Crippen LogP contribution in [0.4, 0.5) is 0 Å². The number of carboxylic acids is 3. The summed E-state index contributed by atoms with van der Waals surface area (Å²) in [5.74, 6) is -2.95. The zero-order valence-corrected chi connectivity index (χ0v) is 25.2. The lowest BCUT2D eigenvalue weighted by atomic mass is 9.32. The van der Waals surface area contributed by atoms with Gasteiger partial charge in [-0.15, -0.1) is 0 Å². The molecule has 0 unspecified atom stereocenters. The van der Waals surface area contributed by atoms with Crippen molar-refractivity contribution in [2.75, 3.05) is 0 Å². The molecule has 0 aliphatic heterocycles. The summed E-state index contributed by atoms with van der Waals surface area (Å²) in [6.07, 6.45) is 4.91. The summed E-state index contributed by atoms with van der Waals surface area (Å²) in [4.78, 5) is 35.4. The van der Waals surface area contributed by atoms with E-state index in [9.17, 15) is 34.8 Å². The maximum absolute atomic E-state index is 11.8. The average Bonchev–Trinajstić information content (AvgIpc) is 3.04. The smallest absolute Gasteiger partial charge is 0.335 e. The quantitative estimate of drug-likeness (QED) is 0.149. The second kappa shape index (κ2) is 10.2. The number of carbonyl (C=O) groups is 3. The summed E-state index contributed by atoms with van der Waals surface area (Å²) >= 11 is 0. The minimum Gasteiger partial charge on any atom is -0.508 e. The van der Waals surface area contributed by atoms with Gasteiger partial charge in [0.05, 0.1) is 16.7 Å². The van der Waals surface area contributed by atoms with E-state index in [0.717, 1.165) is 60.8 Å². The Hall–Kier alpha value is -5.17. The third kappa shape index (κ3) is 4.52. The Morgan fingerprint density at radius 3 is 0.761 bits per heavy atom. The van der Waals surface area contributed by atoms with E-state index < -0.39 is 17.9 Å². The van der Waals surface area contributed by atoms with E-state index in [1.807, 2.05) is 48.5 Å². The van der Waals surface area contributed by atoms with Gasteiger partial charge >= 0.3 is 17.9 Å². The van der Waals surface area contributed by atoms with Crippen LogP contribution in [0.3, 0.4) is 0 Å². The molecule has 232 valence electrons. The second-order valence-electron chi connectivity index (χ2n) is 13.9. The Bertz CT molecular complexity index is 1570. The minimum atomic E-state index is -0.982. The van der Waals surface area contributed by atoms with Gasteiger partial charge in [-0.05, 0) is 119 Å². The van der Waals surface area contributed by atoms with Crippen LogP contribution < -0.4 is 0 Å². The summed E-state index contributed by atoms with van der Waals surface area (Å²) in [7, 11) is 0. The van der Waals surface area contributed by atoms with Gasteiger partial charge in [0.15, 0.2) is 0 Å². The predicted molar refractivity (Wildman–Crippen MR) is 173 cm³/mol. The summed E-state index contributed by atoms with van der Waals surface area (Å²) in [5, 5.41) is 39.0. The summed E-state index contributed by atoms with van der Waals surface area (Å²) in [6, 6.07) is 29.7. The molecule has 4 aromatic rings. The van der Waals surface area contributed by atoms with Gasteiger partial charge in [-0.25, -0.2) is 14.4 Å². The highest BCUT2D eigenvalue weighted by Crippen LogP contribution is 2.74. The maximum Gasteiger partial charge on any atom is 0.335 e. The largest absolute Gasteiger partial charge is 0.508 e. The monoisotopic (exact) mass is 614 g/mol. The van der Waals surface area contributed by atoms with Crippen LogP contribution in [0.15, 0.2) is 104 Å². The molecule has 0 heterocycles. The van der Waals surface area contributed by atoms with Gasteiger partial charge in [-0.1, -0.05) is 67.2 Å². The van der Waals surface area contributed by atoms with Gasteiger partial charge in [0.2, 0.25) is 0 Å². The molecule has 0 saturated heterocycles. The third-order valence-electron chi connectivity index (χ3n) is 11.1. The fourth-order valence-corrected chi connectivity index (χ4v) is 9.78. The zero-order chi connectivity index (χ0) is 32.5. The Balaban J connectivity index is 1.48. The number of benzene rings is 4. The molecular formula is C39H34O7. The van der Waals surface area contributed by atoms with Crippen molar-refractivity contribution >= 4 is 23.7 Å². The SMILES string of the molecule is C=C(O)c1ccc(C23CC4(c5ccc(C(=O)O)cc5)CC(c5ccc(C(=O)O)cc5)(C2)CC(c2ccc(C(=O)O)cc2)(C3)C4)cc1. The van der Waals surface area contributed by atoms with Crippen LogP contribution in [0.25, 0.3) is 5.76 Å². The standard InChI is InChI=1S/C39H34O7/c1-24(40)25-2-10-29(11-3-25)36-18-37(30-12-4-26(5-13-30)33(41)42)21-38(19-36,31-14-6-27(7-15-31)34(43)44)23-39(20-36,22-37)32-16-8-28(9-17-32)35(45)46/h2-17,40H,1,18-23H2,(H,41,42)(H,43,44)(H,45,46). The van der Waals surface area contributed by atoms with Crippen molar-refractivity contribution < 1.29 is 34.8 Å². The minimum absolute atomic E-state index is 0.00275. The molecule has 4 aliphatic carbocycles. The van der Waals surface area contributed by atoms with Crippen molar-refractivity contribution in [3.05, 3.63) is 148 Å². The van der Waals surface area contributed by atoms with Gasteiger partial charge in [0.25, 0.3) is 0 Å². The van der Waals surface area contributed by atoms with Gasteiger partial charge in [-0.2, -0.15) is 0 Å². The normalized spacial score (nSPS) is 27.7. The summed E-state index contributed by atoms with van der Waals surface area (Å²) < 4.78 is 0. The van der Waals surface area contributed by atoms with Crippen molar-refractivity contribution in [1.82, 2.24) is 0 Å².